The number of anilines is 1. The van der Waals surface area contributed by atoms with Crippen molar-refractivity contribution in [1.82, 2.24) is 19.7 Å². The minimum absolute atomic E-state index is 0.00840. The van der Waals surface area contributed by atoms with Crippen LogP contribution in [-0.4, -0.2) is 24.7 Å². The molecule has 0 atom stereocenters. The lowest BCUT2D eigenvalue weighted by Crippen LogP contribution is -2.00. The molecule has 0 saturated heterocycles. The van der Waals surface area contributed by atoms with Gasteiger partial charge in [0.05, 0.1) is 4.92 Å². The van der Waals surface area contributed by atoms with E-state index < -0.39 is 4.92 Å². The van der Waals surface area contributed by atoms with Gasteiger partial charge in [0.1, 0.15) is 12.1 Å². The molecule has 0 fully saturated rings. The van der Waals surface area contributed by atoms with Crippen LogP contribution in [0.15, 0.2) is 48.8 Å². The van der Waals surface area contributed by atoms with Crippen molar-refractivity contribution in [2.45, 2.75) is 0 Å². The molecule has 2 aromatic heterocycles. The number of benzene rings is 1. The number of nitrogens with zero attached hydrogens (tertiary/aromatic N) is 5. The van der Waals surface area contributed by atoms with Crippen molar-refractivity contribution in [2.75, 3.05) is 5.73 Å². The van der Waals surface area contributed by atoms with Gasteiger partial charge in [0.25, 0.3) is 5.69 Å². The maximum absolute atomic E-state index is 10.8. The van der Waals surface area contributed by atoms with Crippen molar-refractivity contribution in [3.63, 3.8) is 0 Å². The molecule has 0 radical (unpaired) electrons. The van der Waals surface area contributed by atoms with Gasteiger partial charge >= 0.3 is 0 Å². The third-order valence-electron chi connectivity index (χ3n) is 2.80. The SMILES string of the molecule is Nc1cccc(-n2cnc(-c3cccc([N+](=O)[O-])c3)n2)n1. The second-order valence-corrected chi connectivity index (χ2v) is 4.24. The van der Waals surface area contributed by atoms with Crippen molar-refractivity contribution in [1.29, 1.82) is 0 Å². The van der Waals surface area contributed by atoms with E-state index in [0.717, 1.165) is 0 Å². The molecule has 2 N–H and O–H groups in total. The van der Waals surface area contributed by atoms with Gasteiger partial charge < -0.3 is 5.73 Å². The maximum Gasteiger partial charge on any atom is 0.270 e. The van der Waals surface area contributed by atoms with Gasteiger partial charge in [-0.05, 0) is 12.1 Å². The average Bonchev–Trinajstić information content (AvgIpc) is 2.97. The van der Waals surface area contributed by atoms with E-state index in [1.54, 1.807) is 30.3 Å². The molecule has 3 rings (SSSR count). The Morgan fingerprint density at radius 3 is 2.76 bits per heavy atom. The molecule has 0 aliphatic carbocycles. The highest BCUT2D eigenvalue weighted by Gasteiger charge is 2.11. The Morgan fingerprint density at radius 2 is 2.00 bits per heavy atom. The summed E-state index contributed by atoms with van der Waals surface area (Å²) in [6.07, 6.45) is 1.48. The van der Waals surface area contributed by atoms with Crippen molar-refractivity contribution in [2.24, 2.45) is 0 Å². The molecule has 0 spiro atoms. The molecule has 2 heterocycles. The number of hydrogen-bond acceptors (Lipinski definition) is 6. The minimum Gasteiger partial charge on any atom is -0.384 e. The fraction of sp³-hybridized carbons (Fsp3) is 0. The fourth-order valence-electron chi connectivity index (χ4n) is 1.83. The molecule has 3 aromatic rings. The third kappa shape index (κ3) is 2.54. The second-order valence-electron chi connectivity index (χ2n) is 4.24. The Balaban J connectivity index is 1.98. The third-order valence-corrected chi connectivity index (χ3v) is 2.80. The van der Waals surface area contributed by atoms with Gasteiger partial charge in [-0.3, -0.25) is 10.1 Å². The minimum atomic E-state index is -0.458. The Hall–Kier alpha value is -3.29. The monoisotopic (exact) mass is 282 g/mol. The standard InChI is InChI=1S/C13H10N6O2/c14-11-5-2-6-12(16-11)18-8-15-13(17-18)9-3-1-4-10(7-9)19(20)21/h1-8H,(H2,14,16). The number of nitrogen functional groups attached to an aromatic ring is 1. The van der Waals surface area contributed by atoms with E-state index in [-0.39, 0.29) is 5.69 Å². The molecular formula is C13H10N6O2. The molecule has 21 heavy (non-hydrogen) atoms. The van der Waals surface area contributed by atoms with E-state index in [2.05, 4.69) is 15.1 Å². The number of rotatable bonds is 3. The Labute approximate surface area is 119 Å². The summed E-state index contributed by atoms with van der Waals surface area (Å²) < 4.78 is 1.46. The van der Waals surface area contributed by atoms with Crippen LogP contribution in [0.4, 0.5) is 11.5 Å². The van der Waals surface area contributed by atoms with Crippen LogP contribution in [0.1, 0.15) is 0 Å². The summed E-state index contributed by atoms with van der Waals surface area (Å²) in [6, 6.07) is 11.3. The molecule has 0 aliphatic heterocycles. The van der Waals surface area contributed by atoms with Crippen LogP contribution < -0.4 is 5.73 Å². The van der Waals surface area contributed by atoms with Crippen molar-refractivity contribution < 1.29 is 4.92 Å². The van der Waals surface area contributed by atoms with Crippen LogP contribution in [0.5, 0.6) is 0 Å². The number of aromatic nitrogens is 4. The molecule has 0 unspecified atom stereocenters. The molecule has 0 amide bonds. The van der Waals surface area contributed by atoms with Gasteiger partial charge in [-0.15, -0.1) is 5.10 Å². The molecular weight excluding hydrogens is 272 g/mol. The van der Waals surface area contributed by atoms with Crippen molar-refractivity contribution in [3.05, 3.63) is 58.9 Å². The van der Waals surface area contributed by atoms with Gasteiger partial charge in [-0.25, -0.2) is 14.6 Å². The van der Waals surface area contributed by atoms with Crippen LogP contribution in [0, 0.1) is 10.1 Å². The number of non-ortho nitro benzene ring substituents is 1. The summed E-state index contributed by atoms with van der Waals surface area (Å²) in [6.45, 7) is 0. The molecule has 1 aromatic carbocycles. The van der Waals surface area contributed by atoms with E-state index in [9.17, 15) is 10.1 Å². The van der Waals surface area contributed by atoms with E-state index in [0.29, 0.717) is 23.0 Å². The molecule has 8 heteroatoms. The average molecular weight is 282 g/mol. The van der Waals surface area contributed by atoms with Gasteiger partial charge in [0.2, 0.25) is 0 Å². The molecule has 8 nitrogen and oxygen atoms in total. The number of nitro groups is 1. The predicted octanol–water partition coefficient (Wildman–Crippen LogP) is 1.82. The summed E-state index contributed by atoms with van der Waals surface area (Å²) >= 11 is 0. The lowest BCUT2D eigenvalue weighted by molar-refractivity contribution is -0.384. The van der Waals surface area contributed by atoms with Crippen LogP contribution in [-0.2, 0) is 0 Å². The molecule has 104 valence electrons. The number of nitrogens with two attached hydrogens (primary N) is 1. The number of hydrogen-bond donors (Lipinski definition) is 1. The first-order valence-corrected chi connectivity index (χ1v) is 6.03. The highest BCUT2D eigenvalue weighted by Crippen LogP contribution is 2.21. The first kappa shape index (κ1) is 12.7. The van der Waals surface area contributed by atoms with Gasteiger partial charge in [-0.1, -0.05) is 18.2 Å². The lowest BCUT2D eigenvalue weighted by atomic mass is 10.2. The first-order chi connectivity index (χ1) is 10.1. The summed E-state index contributed by atoms with van der Waals surface area (Å²) in [5, 5.41) is 15.0. The fourth-order valence-corrected chi connectivity index (χ4v) is 1.83. The summed E-state index contributed by atoms with van der Waals surface area (Å²) in [7, 11) is 0. The summed E-state index contributed by atoms with van der Waals surface area (Å²) in [5.74, 6) is 1.28. The van der Waals surface area contributed by atoms with Crippen molar-refractivity contribution >= 4 is 11.5 Å². The first-order valence-electron chi connectivity index (χ1n) is 6.03. The number of nitro benzene ring substituents is 1. The van der Waals surface area contributed by atoms with Crippen LogP contribution >= 0.6 is 0 Å². The summed E-state index contributed by atoms with van der Waals surface area (Å²) in [5.41, 5.74) is 6.17. The predicted molar refractivity (Wildman–Crippen MR) is 75.7 cm³/mol. The lowest BCUT2D eigenvalue weighted by Gasteiger charge is -1.99. The van der Waals surface area contributed by atoms with Crippen LogP contribution in [0.3, 0.4) is 0 Å². The maximum atomic E-state index is 10.8. The van der Waals surface area contributed by atoms with Gasteiger partial charge in [0, 0.05) is 17.7 Å². The smallest absolute Gasteiger partial charge is 0.270 e. The van der Waals surface area contributed by atoms with Gasteiger partial charge in [-0.2, -0.15) is 0 Å². The van der Waals surface area contributed by atoms with Crippen LogP contribution in [0.2, 0.25) is 0 Å². The Bertz CT molecular complexity index is 814. The summed E-state index contributed by atoms with van der Waals surface area (Å²) in [4.78, 5) is 18.6. The van der Waals surface area contributed by atoms with E-state index in [1.165, 1.54) is 23.1 Å². The zero-order valence-corrected chi connectivity index (χ0v) is 10.7. The van der Waals surface area contributed by atoms with E-state index in [4.69, 9.17) is 5.73 Å². The van der Waals surface area contributed by atoms with Crippen LogP contribution in [0.25, 0.3) is 17.2 Å². The van der Waals surface area contributed by atoms with Gasteiger partial charge in [0.15, 0.2) is 11.6 Å². The molecule has 0 saturated carbocycles. The second kappa shape index (κ2) is 5.00. The highest BCUT2D eigenvalue weighted by molar-refractivity contribution is 5.58. The van der Waals surface area contributed by atoms with E-state index in [1.807, 2.05) is 0 Å². The quantitative estimate of drug-likeness (QED) is 0.579. The normalized spacial score (nSPS) is 10.5. The Kier molecular flexibility index (Phi) is 3.03. The topological polar surface area (TPSA) is 113 Å². The molecule has 0 aliphatic rings. The highest BCUT2D eigenvalue weighted by atomic mass is 16.6. The zero-order valence-electron chi connectivity index (χ0n) is 10.7. The largest absolute Gasteiger partial charge is 0.384 e. The molecule has 0 bridgehead atoms. The van der Waals surface area contributed by atoms with E-state index >= 15 is 0 Å². The van der Waals surface area contributed by atoms with Crippen molar-refractivity contribution in [3.8, 4) is 17.2 Å². The zero-order chi connectivity index (χ0) is 14.8. The number of pyridine rings is 1. The Morgan fingerprint density at radius 1 is 1.19 bits per heavy atom.